The second-order valence-electron chi connectivity index (χ2n) is 8.12. The summed E-state index contributed by atoms with van der Waals surface area (Å²) in [6, 6.07) is 0. The zero-order valence-electron chi connectivity index (χ0n) is 13.4. The van der Waals surface area contributed by atoms with E-state index in [-0.39, 0.29) is 0 Å². The molecule has 0 aromatic rings. The molecule has 0 bridgehead atoms. The smallest absolute Gasteiger partial charge is 0.0337 e. The van der Waals surface area contributed by atoms with Gasteiger partial charge in [0.05, 0.1) is 0 Å². The lowest BCUT2D eigenvalue weighted by Gasteiger charge is -2.46. The van der Waals surface area contributed by atoms with Gasteiger partial charge in [-0.1, -0.05) is 48.0 Å². The van der Waals surface area contributed by atoms with Gasteiger partial charge >= 0.3 is 0 Å². The molecule has 2 saturated carbocycles. The SMILES string of the molecule is CC(C)C1C(C)CCC1CC(C)C1C(C)CC1C. The number of rotatable bonds is 4. The highest BCUT2D eigenvalue weighted by Crippen LogP contribution is 2.50. The van der Waals surface area contributed by atoms with Crippen LogP contribution in [0.4, 0.5) is 0 Å². The summed E-state index contributed by atoms with van der Waals surface area (Å²) in [4.78, 5) is 0. The third-order valence-corrected chi connectivity index (χ3v) is 6.35. The van der Waals surface area contributed by atoms with Gasteiger partial charge in [-0.25, -0.2) is 0 Å². The van der Waals surface area contributed by atoms with Gasteiger partial charge in [-0.05, 0) is 66.6 Å². The van der Waals surface area contributed by atoms with Crippen LogP contribution in [0.2, 0.25) is 0 Å². The largest absolute Gasteiger partial charge is 0.0625 e. The van der Waals surface area contributed by atoms with Crippen molar-refractivity contribution in [1.82, 2.24) is 0 Å². The highest BCUT2D eigenvalue weighted by Gasteiger charge is 2.41. The van der Waals surface area contributed by atoms with E-state index in [1.165, 1.54) is 25.7 Å². The lowest BCUT2D eigenvalue weighted by Crippen LogP contribution is -2.38. The van der Waals surface area contributed by atoms with Crippen LogP contribution in [0.5, 0.6) is 0 Å². The van der Waals surface area contributed by atoms with E-state index in [1.807, 2.05) is 0 Å². The highest BCUT2D eigenvalue weighted by molar-refractivity contribution is 4.91. The molecule has 0 heterocycles. The van der Waals surface area contributed by atoms with Crippen LogP contribution in [0.1, 0.15) is 67.2 Å². The van der Waals surface area contributed by atoms with E-state index in [1.54, 1.807) is 0 Å². The van der Waals surface area contributed by atoms with E-state index < -0.39 is 0 Å². The van der Waals surface area contributed by atoms with Crippen LogP contribution in [-0.2, 0) is 0 Å². The summed E-state index contributed by atoms with van der Waals surface area (Å²) in [5.74, 6) is 7.84. The van der Waals surface area contributed by atoms with Gasteiger partial charge in [0.2, 0.25) is 0 Å². The second kappa shape index (κ2) is 5.55. The number of hydrogen-bond donors (Lipinski definition) is 0. The Bertz CT molecular complexity index is 259. The Morgan fingerprint density at radius 3 is 1.94 bits per heavy atom. The first-order valence-electron chi connectivity index (χ1n) is 8.41. The molecule has 0 spiro atoms. The Balaban J connectivity index is 1.92. The maximum atomic E-state index is 2.54. The normalized spacial score (nSPS) is 46.2. The zero-order valence-corrected chi connectivity index (χ0v) is 13.4. The van der Waals surface area contributed by atoms with Crippen LogP contribution in [0.25, 0.3) is 0 Å². The van der Waals surface area contributed by atoms with Crippen molar-refractivity contribution in [3.05, 3.63) is 0 Å². The van der Waals surface area contributed by atoms with E-state index >= 15 is 0 Å². The monoisotopic (exact) mass is 250 g/mol. The molecule has 6 atom stereocenters. The minimum atomic E-state index is 0.885. The fourth-order valence-electron chi connectivity index (χ4n) is 5.82. The average molecular weight is 250 g/mol. The van der Waals surface area contributed by atoms with Crippen LogP contribution in [0, 0.1) is 47.3 Å². The van der Waals surface area contributed by atoms with Crippen molar-refractivity contribution < 1.29 is 0 Å². The van der Waals surface area contributed by atoms with Gasteiger partial charge in [-0.15, -0.1) is 0 Å². The van der Waals surface area contributed by atoms with Crippen molar-refractivity contribution in [3.8, 4) is 0 Å². The quantitative estimate of drug-likeness (QED) is 0.607. The average Bonchev–Trinajstić information content (AvgIpc) is 2.58. The van der Waals surface area contributed by atoms with E-state index in [0.29, 0.717) is 0 Å². The Morgan fingerprint density at radius 1 is 0.833 bits per heavy atom. The van der Waals surface area contributed by atoms with E-state index in [9.17, 15) is 0 Å². The number of hydrogen-bond acceptors (Lipinski definition) is 0. The van der Waals surface area contributed by atoms with Gasteiger partial charge in [-0.3, -0.25) is 0 Å². The van der Waals surface area contributed by atoms with Crippen LogP contribution in [0.15, 0.2) is 0 Å². The predicted octanol–water partition coefficient (Wildman–Crippen LogP) is 5.62. The van der Waals surface area contributed by atoms with Crippen molar-refractivity contribution in [3.63, 3.8) is 0 Å². The first kappa shape index (κ1) is 14.4. The molecule has 0 heteroatoms. The Morgan fingerprint density at radius 2 is 1.44 bits per heavy atom. The molecule has 0 radical (unpaired) electrons. The molecular formula is C18H34. The minimum absolute atomic E-state index is 0.885. The van der Waals surface area contributed by atoms with Crippen molar-refractivity contribution >= 4 is 0 Å². The molecular weight excluding hydrogens is 216 g/mol. The lowest BCUT2D eigenvalue weighted by molar-refractivity contribution is 0.0325. The Hall–Kier alpha value is 0. The van der Waals surface area contributed by atoms with E-state index in [4.69, 9.17) is 0 Å². The maximum absolute atomic E-state index is 2.54. The van der Waals surface area contributed by atoms with Crippen LogP contribution in [-0.4, -0.2) is 0 Å². The molecule has 0 nitrogen and oxygen atoms in total. The summed E-state index contributed by atoms with van der Waals surface area (Å²) in [5, 5.41) is 0. The second-order valence-corrected chi connectivity index (χ2v) is 8.12. The molecule has 0 saturated heterocycles. The van der Waals surface area contributed by atoms with Crippen molar-refractivity contribution in [1.29, 1.82) is 0 Å². The minimum Gasteiger partial charge on any atom is -0.0625 e. The molecule has 106 valence electrons. The summed E-state index contributed by atoms with van der Waals surface area (Å²) >= 11 is 0. The van der Waals surface area contributed by atoms with Crippen LogP contribution in [0.3, 0.4) is 0 Å². The Labute approximate surface area is 115 Å². The molecule has 0 N–H and O–H groups in total. The first-order chi connectivity index (χ1) is 8.41. The van der Waals surface area contributed by atoms with Gasteiger partial charge in [0, 0.05) is 0 Å². The molecule has 0 aromatic heterocycles. The molecule has 2 aliphatic rings. The third-order valence-electron chi connectivity index (χ3n) is 6.35. The standard InChI is InChI=1S/C18H34/c1-11(2)17-12(3)7-8-16(17)10-15(6)18-13(4)9-14(18)5/h11-18H,7-10H2,1-6H3. The summed E-state index contributed by atoms with van der Waals surface area (Å²) in [5.41, 5.74) is 0. The topological polar surface area (TPSA) is 0 Å². The van der Waals surface area contributed by atoms with Crippen LogP contribution < -0.4 is 0 Å². The molecule has 0 aromatic carbocycles. The van der Waals surface area contributed by atoms with Crippen molar-refractivity contribution in [2.75, 3.05) is 0 Å². The summed E-state index contributed by atoms with van der Waals surface area (Å²) in [6.07, 6.45) is 5.97. The Kier molecular flexibility index (Phi) is 4.44. The van der Waals surface area contributed by atoms with Gasteiger partial charge in [0.25, 0.3) is 0 Å². The third kappa shape index (κ3) is 2.63. The van der Waals surface area contributed by atoms with Gasteiger partial charge in [0.15, 0.2) is 0 Å². The molecule has 6 unspecified atom stereocenters. The molecule has 18 heavy (non-hydrogen) atoms. The first-order valence-corrected chi connectivity index (χ1v) is 8.41. The van der Waals surface area contributed by atoms with Crippen LogP contribution >= 0.6 is 0 Å². The van der Waals surface area contributed by atoms with E-state index in [2.05, 4.69) is 41.5 Å². The predicted molar refractivity (Wildman–Crippen MR) is 80.4 cm³/mol. The van der Waals surface area contributed by atoms with E-state index in [0.717, 1.165) is 47.3 Å². The highest BCUT2D eigenvalue weighted by atomic mass is 14.5. The van der Waals surface area contributed by atoms with Gasteiger partial charge < -0.3 is 0 Å². The molecule has 0 amide bonds. The molecule has 0 aliphatic heterocycles. The maximum Gasteiger partial charge on any atom is -0.0337 e. The molecule has 2 fully saturated rings. The van der Waals surface area contributed by atoms with Gasteiger partial charge in [0.1, 0.15) is 0 Å². The summed E-state index contributed by atoms with van der Waals surface area (Å²) in [7, 11) is 0. The van der Waals surface area contributed by atoms with Crippen molar-refractivity contribution in [2.45, 2.75) is 67.2 Å². The summed E-state index contributed by atoms with van der Waals surface area (Å²) in [6.45, 7) is 14.9. The molecule has 2 rings (SSSR count). The van der Waals surface area contributed by atoms with Gasteiger partial charge in [-0.2, -0.15) is 0 Å². The van der Waals surface area contributed by atoms with Crippen molar-refractivity contribution in [2.24, 2.45) is 47.3 Å². The summed E-state index contributed by atoms with van der Waals surface area (Å²) < 4.78 is 0. The lowest BCUT2D eigenvalue weighted by atomic mass is 9.59. The zero-order chi connectivity index (χ0) is 13.4. The fraction of sp³-hybridized carbons (Fsp3) is 1.00. The fourth-order valence-corrected chi connectivity index (χ4v) is 5.82. The molecule has 2 aliphatic carbocycles.